The molecule has 2 saturated heterocycles. The maximum Gasteiger partial charge on any atom is 0.323 e. The molecule has 2 aliphatic heterocycles. The molecule has 0 bridgehead atoms. The van der Waals surface area contributed by atoms with Crippen molar-refractivity contribution in [2.75, 3.05) is 90.6 Å². The lowest BCUT2D eigenvalue weighted by atomic mass is 10.2. The molecule has 6 N–H and O–H groups in total. The van der Waals surface area contributed by atoms with E-state index < -0.39 is 6.03 Å². The standard InChI is InChI=1S/C36H42N10O5/c37-29-5-1-2-6-30(29)41-31(47)7-3-4-16-38-33(48)26-10-14-28(15-11-26)40-36(49)39-27-12-8-25(9-13-27)32-42-34(45-17-21-50-22-18-45)44-35(43-32)46-19-23-51-24-20-46/h1-2,5-6,8-15H,3-4,7,16-24,37H2,(H,38,48)(H,41,47)(H2,39,40,49). The average molecular weight is 695 g/mol. The molecule has 4 amide bonds. The van der Waals surface area contributed by atoms with E-state index in [0.29, 0.717) is 124 Å². The summed E-state index contributed by atoms with van der Waals surface area (Å²) in [5, 5.41) is 11.3. The van der Waals surface area contributed by atoms with Gasteiger partial charge in [0.1, 0.15) is 0 Å². The van der Waals surface area contributed by atoms with Gasteiger partial charge in [-0.1, -0.05) is 12.1 Å². The fourth-order valence-corrected chi connectivity index (χ4v) is 5.53. The Labute approximate surface area is 295 Å². The van der Waals surface area contributed by atoms with Crippen LogP contribution in [0.3, 0.4) is 0 Å². The quantitative estimate of drug-likeness (QED) is 0.107. The molecule has 6 rings (SSSR count). The number of nitrogens with zero attached hydrogens (tertiary/aromatic N) is 5. The van der Waals surface area contributed by atoms with Crippen LogP contribution in [-0.2, 0) is 14.3 Å². The van der Waals surface area contributed by atoms with Gasteiger partial charge in [0.05, 0.1) is 37.8 Å². The maximum absolute atomic E-state index is 12.8. The first-order valence-corrected chi connectivity index (χ1v) is 17.0. The van der Waals surface area contributed by atoms with Gasteiger partial charge in [-0.15, -0.1) is 0 Å². The lowest BCUT2D eigenvalue weighted by Crippen LogP contribution is -2.40. The highest BCUT2D eigenvalue weighted by Crippen LogP contribution is 2.24. The number of rotatable bonds is 12. The highest BCUT2D eigenvalue weighted by Gasteiger charge is 2.21. The van der Waals surface area contributed by atoms with Crippen LogP contribution in [-0.4, -0.2) is 91.9 Å². The Morgan fingerprint density at radius 1 is 0.686 bits per heavy atom. The number of aromatic nitrogens is 3. The Bertz CT molecular complexity index is 1760. The molecular weight excluding hydrogens is 652 g/mol. The molecule has 15 nitrogen and oxygen atoms in total. The number of para-hydroxylation sites is 2. The SMILES string of the molecule is Nc1ccccc1NC(=O)CCCCNC(=O)c1ccc(NC(=O)Nc2ccc(-c3nc(N4CCOCC4)nc(N4CCOCC4)n3)cc2)cc1. The number of ether oxygens (including phenoxy) is 2. The predicted molar refractivity (Wildman–Crippen MR) is 196 cm³/mol. The van der Waals surface area contributed by atoms with Crippen molar-refractivity contribution in [1.29, 1.82) is 0 Å². The Kier molecular flexibility index (Phi) is 11.8. The Morgan fingerprint density at radius 3 is 1.84 bits per heavy atom. The second-order valence-corrected chi connectivity index (χ2v) is 12.0. The normalized spacial score (nSPS) is 14.4. The second kappa shape index (κ2) is 17.2. The highest BCUT2D eigenvalue weighted by molar-refractivity contribution is 6.00. The lowest BCUT2D eigenvalue weighted by molar-refractivity contribution is -0.116. The van der Waals surface area contributed by atoms with Crippen LogP contribution in [0, 0.1) is 0 Å². The molecule has 1 aromatic heterocycles. The zero-order valence-electron chi connectivity index (χ0n) is 28.3. The van der Waals surface area contributed by atoms with Crippen LogP contribution < -0.4 is 36.8 Å². The Hall–Kier alpha value is -5.80. The van der Waals surface area contributed by atoms with Crippen molar-refractivity contribution < 1.29 is 23.9 Å². The number of nitrogens with one attached hydrogen (secondary N) is 4. The van der Waals surface area contributed by atoms with Crippen molar-refractivity contribution in [3.05, 3.63) is 78.4 Å². The molecule has 3 aromatic carbocycles. The number of morpholine rings is 2. The van der Waals surface area contributed by atoms with Crippen LogP contribution in [0.25, 0.3) is 11.4 Å². The van der Waals surface area contributed by atoms with Gasteiger partial charge in [-0.05, 0) is 73.5 Å². The van der Waals surface area contributed by atoms with Gasteiger partial charge in [-0.2, -0.15) is 15.0 Å². The molecule has 2 fully saturated rings. The molecule has 4 aromatic rings. The van der Waals surface area contributed by atoms with E-state index in [1.54, 1.807) is 54.6 Å². The molecule has 0 radical (unpaired) electrons. The summed E-state index contributed by atoms with van der Waals surface area (Å²) in [5.74, 6) is 1.41. The van der Waals surface area contributed by atoms with Crippen molar-refractivity contribution in [1.82, 2.24) is 20.3 Å². The number of carbonyl (C=O) groups is 3. The summed E-state index contributed by atoms with van der Waals surface area (Å²) in [4.78, 5) is 56.1. The number of hydrogen-bond acceptors (Lipinski definition) is 11. The van der Waals surface area contributed by atoms with E-state index in [2.05, 4.69) is 31.1 Å². The van der Waals surface area contributed by atoms with Gasteiger partial charge in [0.25, 0.3) is 5.91 Å². The number of benzene rings is 3. The molecule has 3 heterocycles. The van der Waals surface area contributed by atoms with Gasteiger partial charge in [-0.25, -0.2) is 4.79 Å². The van der Waals surface area contributed by atoms with E-state index in [0.717, 1.165) is 5.56 Å². The second-order valence-electron chi connectivity index (χ2n) is 12.0. The fraction of sp³-hybridized carbons (Fsp3) is 0.333. The molecule has 0 spiro atoms. The molecule has 15 heteroatoms. The summed E-state index contributed by atoms with van der Waals surface area (Å²) in [5.41, 5.74) is 9.34. The predicted octanol–water partition coefficient (Wildman–Crippen LogP) is 3.98. The number of amides is 4. The average Bonchev–Trinajstić information content (AvgIpc) is 3.16. The minimum Gasteiger partial charge on any atom is -0.397 e. The van der Waals surface area contributed by atoms with E-state index in [1.165, 1.54) is 0 Å². The maximum atomic E-state index is 12.8. The third kappa shape index (κ3) is 9.89. The summed E-state index contributed by atoms with van der Waals surface area (Å²) in [6.45, 7) is 5.72. The number of anilines is 6. The van der Waals surface area contributed by atoms with Crippen LogP contribution >= 0.6 is 0 Å². The summed E-state index contributed by atoms with van der Waals surface area (Å²) in [6.07, 6.45) is 1.58. The smallest absolute Gasteiger partial charge is 0.323 e. The van der Waals surface area contributed by atoms with Crippen LogP contribution in [0.5, 0.6) is 0 Å². The van der Waals surface area contributed by atoms with Crippen LogP contribution in [0.1, 0.15) is 29.6 Å². The number of unbranched alkanes of at least 4 members (excludes halogenated alkanes) is 1. The van der Waals surface area contributed by atoms with Crippen molar-refractivity contribution in [3.8, 4) is 11.4 Å². The third-order valence-electron chi connectivity index (χ3n) is 8.36. The van der Waals surface area contributed by atoms with Gasteiger partial charge in [0.15, 0.2) is 5.82 Å². The van der Waals surface area contributed by atoms with Crippen molar-refractivity contribution in [2.45, 2.75) is 19.3 Å². The lowest BCUT2D eigenvalue weighted by Gasteiger charge is -2.30. The van der Waals surface area contributed by atoms with E-state index in [-0.39, 0.29) is 11.8 Å². The summed E-state index contributed by atoms with van der Waals surface area (Å²) in [6, 6.07) is 20.6. The largest absolute Gasteiger partial charge is 0.397 e. The first kappa shape index (κ1) is 35.0. The zero-order valence-corrected chi connectivity index (χ0v) is 28.3. The van der Waals surface area contributed by atoms with Crippen molar-refractivity contribution >= 4 is 52.5 Å². The molecule has 51 heavy (non-hydrogen) atoms. The molecule has 266 valence electrons. The Balaban J connectivity index is 0.967. The molecular formula is C36H42N10O5. The third-order valence-corrected chi connectivity index (χ3v) is 8.36. The Morgan fingerprint density at radius 2 is 1.25 bits per heavy atom. The number of hydrogen-bond donors (Lipinski definition) is 5. The van der Waals surface area contributed by atoms with Crippen LogP contribution in [0.2, 0.25) is 0 Å². The number of urea groups is 1. The monoisotopic (exact) mass is 694 g/mol. The summed E-state index contributed by atoms with van der Waals surface area (Å²) >= 11 is 0. The van der Waals surface area contributed by atoms with Crippen molar-refractivity contribution in [3.63, 3.8) is 0 Å². The number of nitrogen functional groups attached to an aromatic ring is 1. The zero-order chi connectivity index (χ0) is 35.4. The first-order chi connectivity index (χ1) is 24.9. The summed E-state index contributed by atoms with van der Waals surface area (Å²) in [7, 11) is 0. The van der Waals surface area contributed by atoms with E-state index >= 15 is 0 Å². The molecule has 0 aliphatic carbocycles. The molecule has 0 unspecified atom stereocenters. The van der Waals surface area contributed by atoms with Gasteiger partial charge in [0, 0.05) is 61.6 Å². The van der Waals surface area contributed by atoms with Gasteiger partial charge in [0.2, 0.25) is 17.8 Å². The fourth-order valence-electron chi connectivity index (χ4n) is 5.53. The van der Waals surface area contributed by atoms with E-state index in [1.807, 2.05) is 18.2 Å². The summed E-state index contributed by atoms with van der Waals surface area (Å²) < 4.78 is 11.0. The van der Waals surface area contributed by atoms with Gasteiger partial charge in [-0.3, -0.25) is 9.59 Å². The van der Waals surface area contributed by atoms with Gasteiger partial charge >= 0.3 is 6.03 Å². The minimum atomic E-state index is -0.427. The number of nitrogens with two attached hydrogens (primary N) is 1. The van der Waals surface area contributed by atoms with Gasteiger partial charge < -0.3 is 46.3 Å². The van der Waals surface area contributed by atoms with Crippen LogP contribution in [0.4, 0.5) is 39.4 Å². The molecule has 0 atom stereocenters. The minimum absolute atomic E-state index is 0.126. The van der Waals surface area contributed by atoms with Crippen LogP contribution in [0.15, 0.2) is 72.8 Å². The van der Waals surface area contributed by atoms with Crippen molar-refractivity contribution in [2.24, 2.45) is 0 Å². The van der Waals surface area contributed by atoms with E-state index in [9.17, 15) is 14.4 Å². The molecule has 0 saturated carbocycles. The first-order valence-electron chi connectivity index (χ1n) is 17.0. The highest BCUT2D eigenvalue weighted by atomic mass is 16.5. The topological polar surface area (TPSA) is 189 Å². The molecule has 2 aliphatic rings. The van der Waals surface area contributed by atoms with E-state index in [4.69, 9.17) is 30.2 Å². The number of carbonyl (C=O) groups excluding carboxylic acids is 3.